The van der Waals surface area contributed by atoms with Crippen LogP contribution in [0.3, 0.4) is 0 Å². The van der Waals surface area contributed by atoms with Gasteiger partial charge in [0, 0.05) is 6.26 Å². The van der Waals surface area contributed by atoms with Gasteiger partial charge in [-0.3, -0.25) is 4.79 Å². The van der Waals surface area contributed by atoms with E-state index in [0.29, 0.717) is 5.75 Å². The Kier molecular flexibility index (Phi) is 4.81. The molecule has 0 saturated heterocycles. The van der Waals surface area contributed by atoms with Crippen LogP contribution in [0.4, 0.5) is 0 Å². The van der Waals surface area contributed by atoms with Gasteiger partial charge in [0.1, 0.15) is 5.75 Å². The molecule has 0 atom stereocenters. The Hall–Kier alpha value is -2.34. The first kappa shape index (κ1) is 17.5. The van der Waals surface area contributed by atoms with E-state index in [9.17, 15) is 13.2 Å². The van der Waals surface area contributed by atoms with Crippen LogP contribution >= 0.6 is 0 Å². The fourth-order valence-electron chi connectivity index (χ4n) is 3.02. The number of carbonyl (C=O) groups is 1. The molecule has 0 aliphatic heterocycles. The van der Waals surface area contributed by atoms with Gasteiger partial charge < -0.3 is 10.1 Å². The highest BCUT2D eigenvalue weighted by molar-refractivity contribution is 7.90. The third-order valence-corrected chi connectivity index (χ3v) is 5.63. The largest absolute Gasteiger partial charge is 0.484 e. The molecule has 1 aliphatic carbocycles. The SMILES string of the molecule is CS(=O)(=O)c1cccc(OCC(=O)NC2(c3ccccc3)CCC2)c1. The van der Waals surface area contributed by atoms with Gasteiger partial charge in [-0.25, -0.2) is 8.42 Å². The van der Waals surface area contributed by atoms with Crippen LogP contribution in [0, 0.1) is 0 Å². The number of nitrogens with one attached hydrogen (secondary N) is 1. The first-order chi connectivity index (χ1) is 11.9. The quantitative estimate of drug-likeness (QED) is 0.861. The number of benzene rings is 2. The van der Waals surface area contributed by atoms with Crippen LogP contribution in [-0.4, -0.2) is 27.2 Å². The fourth-order valence-corrected chi connectivity index (χ4v) is 3.68. The van der Waals surface area contributed by atoms with Crippen molar-refractivity contribution in [3.63, 3.8) is 0 Å². The van der Waals surface area contributed by atoms with Gasteiger partial charge in [0.05, 0.1) is 10.4 Å². The van der Waals surface area contributed by atoms with Crippen LogP contribution in [0.5, 0.6) is 5.75 Å². The van der Waals surface area contributed by atoms with Crippen LogP contribution < -0.4 is 10.1 Å². The molecule has 1 amide bonds. The lowest BCUT2D eigenvalue weighted by Gasteiger charge is -2.43. The molecule has 2 aromatic carbocycles. The zero-order valence-electron chi connectivity index (χ0n) is 14.1. The second-order valence-electron chi connectivity index (χ2n) is 6.39. The molecule has 0 radical (unpaired) electrons. The molecule has 3 rings (SSSR count). The van der Waals surface area contributed by atoms with Gasteiger partial charge in [-0.05, 0) is 43.0 Å². The van der Waals surface area contributed by atoms with Crippen molar-refractivity contribution in [2.45, 2.75) is 29.7 Å². The van der Waals surface area contributed by atoms with Crippen molar-refractivity contribution in [3.8, 4) is 5.75 Å². The lowest BCUT2D eigenvalue weighted by atomic mass is 9.72. The van der Waals surface area contributed by atoms with Gasteiger partial charge >= 0.3 is 0 Å². The number of rotatable bonds is 6. The van der Waals surface area contributed by atoms with E-state index in [2.05, 4.69) is 5.32 Å². The van der Waals surface area contributed by atoms with E-state index in [1.54, 1.807) is 12.1 Å². The monoisotopic (exact) mass is 359 g/mol. The molecule has 1 saturated carbocycles. The zero-order chi connectivity index (χ0) is 17.9. The summed E-state index contributed by atoms with van der Waals surface area (Å²) in [7, 11) is -3.30. The molecule has 0 unspecified atom stereocenters. The lowest BCUT2D eigenvalue weighted by molar-refractivity contribution is -0.126. The van der Waals surface area contributed by atoms with Crippen LogP contribution in [0.2, 0.25) is 0 Å². The second-order valence-corrected chi connectivity index (χ2v) is 8.40. The fraction of sp³-hybridized carbons (Fsp3) is 0.316. The van der Waals surface area contributed by atoms with Gasteiger partial charge in [0.2, 0.25) is 0 Å². The Balaban J connectivity index is 1.64. The molecule has 0 bridgehead atoms. The van der Waals surface area contributed by atoms with Crippen LogP contribution in [0.25, 0.3) is 0 Å². The van der Waals surface area contributed by atoms with E-state index in [-0.39, 0.29) is 22.9 Å². The van der Waals surface area contributed by atoms with E-state index in [0.717, 1.165) is 31.1 Å². The molecule has 0 aromatic heterocycles. The van der Waals surface area contributed by atoms with Crippen molar-refractivity contribution < 1.29 is 17.9 Å². The molecular weight excluding hydrogens is 338 g/mol. The van der Waals surface area contributed by atoms with Crippen molar-refractivity contribution in [2.75, 3.05) is 12.9 Å². The number of carbonyl (C=O) groups excluding carboxylic acids is 1. The van der Waals surface area contributed by atoms with E-state index < -0.39 is 9.84 Å². The maximum Gasteiger partial charge on any atom is 0.258 e. The molecule has 2 aromatic rings. The highest BCUT2D eigenvalue weighted by atomic mass is 32.2. The Morgan fingerprint density at radius 1 is 1.12 bits per heavy atom. The molecule has 0 spiro atoms. The van der Waals surface area contributed by atoms with Crippen molar-refractivity contribution in [1.29, 1.82) is 0 Å². The number of sulfone groups is 1. The normalized spacial score (nSPS) is 15.9. The number of hydrogen-bond acceptors (Lipinski definition) is 4. The highest BCUT2D eigenvalue weighted by Crippen LogP contribution is 2.41. The third kappa shape index (κ3) is 4.02. The summed E-state index contributed by atoms with van der Waals surface area (Å²) in [5.74, 6) is 0.147. The summed E-state index contributed by atoms with van der Waals surface area (Å²) < 4.78 is 28.6. The minimum Gasteiger partial charge on any atom is -0.484 e. The second kappa shape index (κ2) is 6.88. The Morgan fingerprint density at radius 2 is 1.84 bits per heavy atom. The summed E-state index contributed by atoms with van der Waals surface area (Å²) in [6, 6.07) is 16.1. The predicted octanol–water partition coefficient (Wildman–Crippen LogP) is 2.66. The van der Waals surface area contributed by atoms with Gasteiger partial charge in [-0.2, -0.15) is 0 Å². The summed E-state index contributed by atoms with van der Waals surface area (Å²) in [6.07, 6.45) is 4.03. The van der Waals surface area contributed by atoms with Gasteiger partial charge in [0.15, 0.2) is 16.4 Å². The summed E-state index contributed by atoms with van der Waals surface area (Å²) in [4.78, 5) is 12.5. The molecule has 132 valence electrons. The number of hydrogen-bond donors (Lipinski definition) is 1. The van der Waals surface area contributed by atoms with Gasteiger partial charge in [0.25, 0.3) is 5.91 Å². The van der Waals surface area contributed by atoms with Crippen LogP contribution in [-0.2, 0) is 20.2 Å². The molecule has 1 aliphatic rings. The van der Waals surface area contributed by atoms with Crippen LogP contribution in [0.1, 0.15) is 24.8 Å². The number of amides is 1. The van der Waals surface area contributed by atoms with Gasteiger partial charge in [-0.15, -0.1) is 0 Å². The van der Waals surface area contributed by atoms with Crippen LogP contribution in [0.15, 0.2) is 59.5 Å². The van der Waals surface area contributed by atoms with Gasteiger partial charge in [-0.1, -0.05) is 36.4 Å². The van der Waals surface area contributed by atoms with Crippen molar-refractivity contribution >= 4 is 15.7 Å². The molecule has 0 heterocycles. The third-order valence-electron chi connectivity index (χ3n) is 4.52. The molecule has 1 fully saturated rings. The Labute approximate surface area is 147 Å². The first-order valence-corrected chi connectivity index (χ1v) is 10.1. The van der Waals surface area contributed by atoms with Crippen molar-refractivity contribution in [1.82, 2.24) is 5.32 Å². The minimum absolute atomic E-state index is 0.151. The molecular formula is C19H21NO4S. The summed E-state index contributed by atoms with van der Waals surface area (Å²) >= 11 is 0. The van der Waals surface area contributed by atoms with E-state index in [4.69, 9.17) is 4.74 Å². The number of ether oxygens (including phenoxy) is 1. The topological polar surface area (TPSA) is 72.5 Å². The lowest BCUT2D eigenvalue weighted by Crippen LogP contribution is -2.52. The molecule has 5 nitrogen and oxygen atoms in total. The minimum atomic E-state index is -3.30. The summed E-state index contributed by atoms with van der Waals surface area (Å²) in [6.45, 7) is -0.151. The summed E-state index contributed by atoms with van der Waals surface area (Å²) in [5.41, 5.74) is 0.796. The zero-order valence-corrected chi connectivity index (χ0v) is 14.9. The first-order valence-electron chi connectivity index (χ1n) is 8.19. The highest BCUT2D eigenvalue weighted by Gasteiger charge is 2.39. The molecule has 1 N–H and O–H groups in total. The van der Waals surface area contributed by atoms with E-state index in [1.807, 2.05) is 30.3 Å². The van der Waals surface area contributed by atoms with E-state index >= 15 is 0 Å². The maximum atomic E-state index is 12.3. The Morgan fingerprint density at radius 3 is 2.44 bits per heavy atom. The average Bonchev–Trinajstić information content (AvgIpc) is 2.56. The standard InChI is InChI=1S/C19H21NO4S/c1-25(22,23)17-10-5-9-16(13-17)24-14-18(21)20-19(11-6-12-19)15-7-3-2-4-8-15/h2-5,7-10,13H,6,11-12,14H2,1H3,(H,20,21). The smallest absolute Gasteiger partial charge is 0.258 e. The molecule has 6 heteroatoms. The predicted molar refractivity (Wildman–Crippen MR) is 95.2 cm³/mol. The van der Waals surface area contributed by atoms with E-state index in [1.165, 1.54) is 12.1 Å². The Bertz CT molecular complexity index is 858. The average molecular weight is 359 g/mol. The summed E-state index contributed by atoms with van der Waals surface area (Å²) in [5, 5.41) is 3.08. The molecule has 25 heavy (non-hydrogen) atoms. The van der Waals surface area contributed by atoms with Crippen molar-refractivity contribution in [3.05, 3.63) is 60.2 Å². The maximum absolute atomic E-state index is 12.3. The van der Waals surface area contributed by atoms with Crippen molar-refractivity contribution in [2.24, 2.45) is 0 Å².